The fourth-order valence-electron chi connectivity index (χ4n) is 4.88. The summed E-state index contributed by atoms with van der Waals surface area (Å²) in [5.41, 5.74) is 6.71. The molecule has 0 unspecified atom stereocenters. The summed E-state index contributed by atoms with van der Waals surface area (Å²) in [7, 11) is 0. The van der Waals surface area contributed by atoms with Crippen molar-refractivity contribution in [1.82, 2.24) is 4.90 Å². The Hall–Kier alpha value is -3.24. The van der Waals surface area contributed by atoms with Crippen LogP contribution in [0.4, 0.5) is 5.69 Å². The molecule has 0 atom stereocenters. The molecular weight excluding hydrogens is 420 g/mol. The summed E-state index contributed by atoms with van der Waals surface area (Å²) in [6.07, 6.45) is 0. The predicted octanol–water partition coefficient (Wildman–Crippen LogP) is 6.24. The summed E-state index contributed by atoms with van der Waals surface area (Å²) in [6, 6.07) is 24.3. The highest BCUT2D eigenvalue weighted by Crippen LogP contribution is 2.38. The van der Waals surface area contributed by atoms with Crippen LogP contribution in [0.25, 0.3) is 11.1 Å². The van der Waals surface area contributed by atoms with E-state index in [1.165, 1.54) is 11.3 Å². The molecule has 1 aliphatic rings. The van der Waals surface area contributed by atoms with Gasteiger partial charge in [-0.05, 0) is 84.0 Å². The van der Waals surface area contributed by atoms with Crippen LogP contribution in [0.1, 0.15) is 44.4 Å². The molecule has 4 nitrogen and oxygen atoms in total. The Morgan fingerprint density at radius 3 is 1.85 bits per heavy atom. The summed E-state index contributed by atoms with van der Waals surface area (Å²) < 4.78 is 0. The van der Waals surface area contributed by atoms with Gasteiger partial charge in [0, 0.05) is 37.9 Å². The normalized spacial score (nSPS) is 15.6. The molecule has 0 bridgehead atoms. The van der Waals surface area contributed by atoms with Gasteiger partial charge in [-0.3, -0.25) is 4.90 Å². The van der Waals surface area contributed by atoms with E-state index in [9.17, 15) is 10.2 Å². The molecule has 3 aromatic carbocycles. The zero-order valence-electron chi connectivity index (χ0n) is 20.7. The molecule has 0 aliphatic carbocycles. The van der Waals surface area contributed by atoms with Gasteiger partial charge in [0.05, 0.1) is 0 Å². The van der Waals surface area contributed by atoms with Gasteiger partial charge in [0.1, 0.15) is 11.5 Å². The molecule has 0 aromatic heterocycles. The third-order valence-electron chi connectivity index (χ3n) is 6.73. The van der Waals surface area contributed by atoms with E-state index in [-0.39, 0.29) is 17.4 Å². The quantitative estimate of drug-likeness (QED) is 0.431. The van der Waals surface area contributed by atoms with Gasteiger partial charge >= 0.3 is 0 Å². The molecule has 4 heteroatoms. The zero-order chi connectivity index (χ0) is 24.2. The van der Waals surface area contributed by atoms with Crippen molar-refractivity contribution >= 4 is 16.8 Å². The molecule has 0 saturated carbocycles. The van der Waals surface area contributed by atoms with E-state index in [2.05, 4.69) is 67.8 Å². The minimum Gasteiger partial charge on any atom is -0.508 e. The van der Waals surface area contributed by atoms with Crippen LogP contribution in [-0.2, 0) is 0 Å². The second-order valence-corrected chi connectivity index (χ2v) is 9.70. The molecule has 0 amide bonds. The number of allylic oxidation sites excluding steroid dienone is 1. The molecule has 2 N–H and O–H groups in total. The highest BCUT2D eigenvalue weighted by Gasteiger charge is 2.21. The standard InChI is InChI=1S/C30H36N2O2/c1-21(2)29(23-10-14-27(33)15-11-23)30(25-6-5-7-28(34)20-25)24-8-12-26(13-9-24)32-18-16-31(17-19-32)22(3)4/h5-15,20-22,33-34H,16-19H2,1-4H3/b30-29+. The number of anilines is 1. The molecule has 1 heterocycles. The minimum absolute atomic E-state index is 0.241. The van der Waals surface area contributed by atoms with Crippen molar-refractivity contribution in [2.24, 2.45) is 5.92 Å². The number of piperazine rings is 1. The maximum absolute atomic E-state index is 10.2. The first-order valence-corrected chi connectivity index (χ1v) is 12.3. The van der Waals surface area contributed by atoms with Crippen LogP contribution in [0, 0.1) is 5.92 Å². The van der Waals surface area contributed by atoms with Crippen molar-refractivity contribution in [3.05, 3.63) is 89.5 Å². The van der Waals surface area contributed by atoms with E-state index in [0.29, 0.717) is 6.04 Å². The first-order valence-electron chi connectivity index (χ1n) is 12.3. The third-order valence-corrected chi connectivity index (χ3v) is 6.73. The average Bonchev–Trinajstić information content (AvgIpc) is 2.83. The molecule has 1 fully saturated rings. The Bertz CT molecular complexity index is 1120. The maximum atomic E-state index is 10.2. The topological polar surface area (TPSA) is 46.9 Å². The minimum atomic E-state index is 0.241. The van der Waals surface area contributed by atoms with Crippen LogP contribution in [0.3, 0.4) is 0 Å². The Kier molecular flexibility index (Phi) is 7.28. The summed E-state index contributed by atoms with van der Waals surface area (Å²) in [6.45, 7) is 13.2. The van der Waals surface area contributed by atoms with E-state index in [1.54, 1.807) is 18.2 Å². The van der Waals surface area contributed by atoms with Gasteiger partial charge in [0.2, 0.25) is 0 Å². The molecule has 178 valence electrons. The largest absolute Gasteiger partial charge is 0.508 e. The summed E-state index contributed by atoms with van der Waals surface area (Å²) in [5.74, 6) is 0.752. The Morgan fingerprint density at radius 2 is 1.29 bits per heavy atom. The average molecular weight is 457 g/mol. The first-order chi connectivity index (χ1) is 16.3. The van der Waals surface area contributed by atoms with Crippen molar-refractivity contribution in [3.63, 3.8) is 0 Å². The molecule has 1 saturated heterocycles. The monoisotopic (exact) mass is 456 g/mol. The van der Waals surface area contributed by atoms with Gasteiger partial charge in [0.15, 0.2) is 0 Å². The second-order valence-electron chi connectivity index (χ2n) is 9.70. The lowest BCUT2D eigenvalue weighted by Gasteiger charge is -2.38. The van der Waals surface area contributed by atoms with Gasteiger partial charge in [-0.15, -0.1) is 0 Å². The number of benzene rings is 3. The summed E-state index contributed by atoms with van der Waals surface area (Å²) in [4.78, 5) is 4.99. The van der Waals surface area contributed by atoms with Crippen LogP contribution in [0.15, 0.2) is 72.8 Å². The van der Waals surface area contributed by atoms with Crippen molar-refractivity contribution in [3.8, 4) is 11.5 Å². The van der Waals surface area contributed by atoms with Crippen LogP contribution in [0.2, 0.25) is 0 Å². The number of phenolic OH excluding ortho intramolecular Hbond substituents is 2. The number of hydrogen-bond acceptors (Lipinski definition) is 4. The van der Waals surface area contributed by atoms with Gasteiger partial charge in [-0.2, -0.15) is 0 Å². The first kappa shape index (κ1) is 23.9. The fraction of sp³-hybridized carbons (Fsp3) is 0.333. The van der Waals surface area contributed by atoms with Crippen molar-refractivity contribution < 1.29 is 10.2 Å². The lowest BCUT2D eigenvalue weighted by Crippen LogP contribution is -2.48. The van der Waals surface area contributed by atoms with Gasteiger partial charge < -0.3 is 15.1 Å². The van der Waals surface area contributed by atoms with Crippen LogP contribution < -0.4 is 4.90 Å². The lowest BCUT2D eigenvalue weighted by atomic mass is 9.84. The van der Waals surface area contributed by atoms with Gasteiger partial charge in [-0.1, -0.05) is 50.2 Å². The molecular formula is C30H36N2O2. The van der Waals surface area contributed by atoms with Crippen LogP contribution in [0.5, 0.6) is 11.5 Å². The lowest BCUT2D eigenvalue weighted by molar-refractivity contribution is 0.209. The van der Waals surface area contributed by atoms with E-state index in [1.807, 2.05) is 24.3 Å². The second kappa shape index (κ2) is 10.4. The zero-order valence-corrected chi connectivity index (χ0v) is 20.7. The van der Waals surface area contributed by atoms with E-state index in [0.717, 1.165) is 48.4 Å². The highest BCUT2D eigenvalue weighted by molar-refractivity contribution is 5.99. The fourth-order valence-corrected chi connectivity index (χ4v) is 4.88. The van der Waals surface area contributed by atoms with Gasteiger partial charge in [0.25, 0.3) is 0 Å². The molecule has 0 spiro atoms. The summed E-state index contributed by atoms with van der Waals surface area (Å²) in [5, 5.41) is 20.1. The van der Waals surface area contributed by atoms with Gasteiger partial charge in [-0.25, -0.2) is 0 Å². The van der Waals surface area contributed by atoms with Crippen molar-refractivity contribution in [2.75, 3.05) is 31.1 Å². The molecule has 4 rings (SSSR count). The summed E-state index contributed by atoms with van der Waals surface area (Å²) >= 11 is 0. The van der Waals surface area contributed by atoms with E-state index >= 15 is 0 Å². The van der Waals surface area contributed by atoms with Crippen LogP contribution >= 0.6 is 0 Å². The van der Waals surface area contributed by atoms with Crippen molar-refractivity contribution in [1.29, 1.82) is 0 Å². The number of hydrogen-bond donors (Lipinski definition) is 2. The Labute approximate surface area is 203 Å². The van der Waals surface area contributed by atoms with Crippen LogP contribution in [-0.4, -0.2) is 47.3 Å². The molecule has 34 heavy (non-hydrogen) atoms. The van der Waals surface area contributed by atoms with E-state index < -0.39 is 0 Å². The molecule has 0 radical (unpaired) electrons. The molecule has 1 aliphatic heterocycles. The van der Waals surface area contributed by atoms with Crippen molar-refractivity contribution in [2.45, 2.75) is 33.7 Å². The number of nitrogens with zero attached hydrogens (tertiary/aromatic N) is 2. The highest BCUT2D eigenvalue weighted by atomic mass is 16.3. The molecule has 3 aromatic rings. The SMILES string of the molecule is CC(C)/C(=C(/c1ccc(N2CCN(C(C)C)CC2)cc1)c1cccc(O)c1)c1ccc(O)cc1. The number of aromatic hydroxyl groups is 2. The smallest absolute Gasteiger partial charge is 0.116 e. The number of phenols is 2. The Morgan fingerprint density at radius 1 is 0.676 bits per heavy atom. The predicted molar refractivity (Wildman–Crippen MR) is 142 cm³/mol. The number of rotatable bonds is 6. The van der Waals surface area contributed by atoms with E-state index in [4.69, 9.17) is 0 Å². The maximum Gasteiger partial charge on any atom is 0.116 e. The Balaban J connectivity index is 1.75. The third kappa shape index (κ3) is 5.28.